The van der Waals surface area contributed by atoms with E-state index >= 15 is 0 Å². The summed E-state index contributed by atoms with van der Waals surface area (Å²) in [5, 5.41) is 31.1. The molecule has 0 aromatic carbocycles. The Morgan fingerprint density at radius 3 is 3.00 bits per heavy atom. The molecular formula is C12H19N5O4. The predicted octanol–water partition coefficient (Wildman–Crippen LogP) is -3.39. The van der Waals surface area contributed by atoms with Crippen LogP contribution >= 0.6 is 0 Å². The monoisotopic (exact) mass is 297 g/mol. The van der Waals surface area contributed by atoms with Gasteiger partial charge in [-0.15, -0.1) is 0 Å². The number of aliphatic hydroxyl groups excluding tert-OH is 2. The SMILES string of the molecule is CC[N+]1=CN([C@H]2CC(O)[C@@H](CO)O2)C2N=C(N)N=C([O-])C21. The summed E-state index contributed by atoms with van der Waals surface area (Å²) in [6.07, 6.45) is -0.227. The van der Waals surface area contributed by atoms with Gasteiger partial charge in [0.2, 0.25) is 24.7 Å². The highest BCUT2D eigenvalue weighted by molar-refractivity contribution is 5.95. The Labute approximate surface area is 121 Å². The standard InChI is InChI=1S/C12H19N5O4/c1-2-16-5-17(8-3-6(19)7(4-18)21-8)10-9(16)11(20)15-12(13)14-10/h5-10,18-19H,2-4H2,1H3,(H2-,13,14,15,20)/t6?,7-,8-,9?,10?/m1/s1. The maximum Gasteiger partial charge on any atom is 0.238 e. The third-order valence-corrected chi connectivity index (χ3v) is 4.05. The summed E-state index contributed by atoms with van der Waals surface area (Å²) >= 11 is 0. The number of nitrogens with two attached hydrogens (primary N) is 1. The van der Waals surface area contributed by atoms with Gasteiger partial charge in [-0.1, -0.05) is 0 Å². The van der Waals surface area contributed by atoms with Crippen LogP contribution in [0.2, 0.25) is 0 Å². The van der Waals surface area contributed by atoms with Crippen LogP contribution in [0.4, 0.5) is 0 Å². The number of rotatable bonds is 3. The molecule has 3 unspecified atom stereocenters. The van der Waals surface area contributed by atoms with Crippen molar-refractivity contribution in [1.29, 1.82) is 0 Å². The van der Waals surface area contributed by atoms with E-state index in [4.69, 9.17) is 10.5 Å². The van der Waals surface area contributed by atoms with Crippen molar-refractivity contribution in [2.75, 3.05) is 13.2 Å². The van der Waals surface area contributed by atoms with Crippen LogP contribution in [0.1, 0.15) is 13.3 Å². The third kappa shape index (κ3) is 2.27. The number of aliphatic hydroxyl groups is 2. The molecule has 21 heavy (non-hydrogen) atoms. The van der Waals surface area contributed by atoms with Crippen LogP contribution in [0.25, 0.3) is 0 Å². The third-order valence-electron chi connectivity index (χ3n) is 4.05. The number of nitrogens with zero attached hydrogens (tertiary/aromatic N) is 4. The first-order valence-corrected chi connectivity index (χ1v) is 6.96. The van der Waals surface area contributed by atoms with Crippen LogP contribution in [0.3, 0.4) is 0 Å². The zero-order valence-corrected chi connectivity index (χ0v) is 11.7. The lowest BCUT2D eigenvalue weighted by Crippen LogP contribution is -2.53. The smallest absolute Gasteiger partial charge is 0.238 e. The molecule has 0 bridgehead atoms. The molecule has 9 nitrogen and oxygen atoms in total. The lowest BCUT2D eigenvalue weighted by molar-refractivity contribution is -0.544. The minimum atomic E-state index is -0.743. The molecule has 1 fully saturated rings. The maximum atomic E-state index is 12.1. The number of hydrogen-bond donors (Lipinski definition) is 3. The first-order chi connectivity index (χ1) is 10.0. The van der Waals surface area contributed by atoms with Gasteiger partial charge in [-0.25, -0.2) is 9.89 Å². The number of aliphatic imine (C=N–C) groups is 2. The normalized spacial score (nSPS) is 38.9. The van der Waals surface area contributed by atoms with Crippen LogP contribution < -0.4 is 10.8 Å². The number of ether oxygens (including phenoxy) is 1. The van der Waals surface area contributed by atoms with Crippen LogP contribution in [-0.2, 0) is 4.74 Å². The molecule has 9 heteroatoms. The van der Waals surface area contributed by atoms with Gasteiger partial charge in [0.1, 0.15) is 6.10 Å². The van der Waals surface area contributed by atoms with Gasteiger partial charge in [0.25, 0.3) is 0 Å². The molecule has 5 atom stereocenters. The molecular weight excluding hydrogens is 278 g/mol. The lowest BCUT2D eigenvalue weighted by atomic mass is 10.1. The van der Waals surface area contributed by atoms with E-state index in [9.17, 15) is 15.3 Å². The van der Waals surface area contributed by atoms with E-state index in [0.29, 0.717) is 13.0 Å². The molecule has 0 amide bonds. The first-order valence-electron chi connectivity index (χ1n) is 6.96. The highest BCUT2D eigenvalue weighted by atomic mass is 16.5. The van der Waals surface area contributed by atoms with Crippen molar-refractivity contribution >= 4 is 18.2 Å². The zero-order valence-electron chi connectivity index (χ0n) is 11.7. The van der Waals surface area contributed by atoms with E-state index < -0.39 is 30.6 Å². The Balaban J connectivity index is 1.86. The van der Waals surface area contributed by atoms with Crippen molar-refractivity contribution in [3.8, 4) is 0 Å². The van der Waals surface area contributed by atoms with Gasteiger partial charge in [-0.3, -0.25) is 4.58 Å². The lowest BCUT2D eigenvalue weighted by Gasteiger charge is -2.28. The summed E-state index contributed by atoms with van der Waals surface area (Å²) in [6.45, 7) is 2.29. The second kappa shape index (κ2) is 5.24. The molecule has 0 radical (unpaired) electrons. The predicted molar refractivity (Wildman–Crippen MR) is 71.7 cm³/mol. The molecule has 3 heterocycles. The van der Waals surface area contributed by atoms with E-state index in [1.54, 1.807) is 11.2 Å². The van der Waals surface area contributed by atoms with E-state index in [2.05, 4.69) is 9.98 Å². The van der Waals surface area contributed by atoms with E-state index in [0.717, 1.165) is 0 Å². The van der Waals surface area contributed by atoms with Crippen molar-refractivity contribution in [3.63, 3.8) is 0 Å². The molecule has 116 valence electrons. The average molecular weight is 297 g/mol. The molecule has 4 N–H and O–H groups in total. The highest BCUT2D eigenvalue weighted by Gasteiger charge is 2.50. The van der Waals surface area contributed by atoms with Crippen molar-refractivity contribution in [1.82, 2.24) is 4.90 Å². The fraction of sp³-hybridized carbons (Fsp3) is 0.750. The summed E-state index contributed by atoms with van der Waals surface area (Å²) in [6, 6.07) is -0.517. The number of guanidine groups is 1. The Morgan fingerprint density at radius 2 is 2.38 bits per heavy atom. The fourth-order valence-corrected chi connectivity index (χ4v) is 2.98. The van der Waals surface area contributed by atoms with Gasteiger partial charge in [-0.05, 0) is 6.92 Å². The Morgan fingerprint density at radius 1 is 1.62 bits per heavy atom. The molecule has 0 aromatic rings. The van der Waals surface area contributed by atoms with Crippen LogP contribution in [-0.4, -0.2) is 81.7 Å². The largest absolute Gasteiger partial charge is 0.859 e. The van der Waals surface area contributed by atoms with Gasteiger partial charge < -0.3 is 25.8 Å². The van der Waals surface area contributed by atoms with Crippen molar-refractivity contribution in [2.45, 2.75) is 44.0 Å². The molecule has 0 aliphatic carbocycles. The first kappa shape index (κ1) is 14.2. The molecule has 3 aliphatic rings. The molecule has 3 aliphatic heterocycles. The summed E-state index contributed by atoms with van der Waals surface area (Å²) in [5.41, 5.74) is 5.58. The molecule has 1 saturated heterocycles. The number of likely N-dealkylation sites (N-methyl/N-ethyl adjacent to an activating group) is 1. The second-order valence-electron chi connectivity index (χ2n) is 5.30. The van der Waals surface area contributed by atoms with E-state index in [1.807, 2.05) is 11.5 Å². The number of fused-ring (bicyclic) bond motifs is 1. The van der Waals surface area contributed by atoms with Crippen LogP contribution in [0, 0.1) is 0 Å². The quantitative estimate of drug-likeness (QED) is 0.466. The summed E-state index contributed by atoms with van der Waals surface area (Å²) in [5.74, 6) is -0.375. The zero-order chi connectivity index (χ0) is 15.1. The number of hydrogen-bond acceptors (Lipinski definition) is 8. The Kier molecular flexibility index (Phi) is 3.56. The molecule has 3 rings (SSSR count). The fourth-order valence-electron chi connectivity index (χ4n) is 2.98. The van der Waals surface area contributed by atoms with Gasteiger partial charge in [-0.2, -0.15) is 4.99 Å². The average Bonchev–Trinajstić information content (AvgIpc) is 2.98. The summed E-state index contributed by atoms with van der Waals surface area (Å²) in [7, 11) is 0. The van der Waals surface area contributed by atoms with Crippen LogP contribution in [0.5, 0.6) is 0 Å². The molecule has 0 saturated carbocycles. The Hall–Kier alpha value is -1.71. The summed E-state index contributed by atoms with van der Waals surface area (Å²) < 4.78 is 7.46. The van der Waals surface area contributed by atoms with Crippen molar-refractivity contribution < 1.29 is 24.6 Å². The van der Waals surface area contributed by atoms with E-state index in [1.165, 1.54) is 0 Å². The maximum absolute atomic E-state index is 12.1. The second-order valence-corrected chi connectivity index (χ2v) is 5.30. The van der Waals surface area contributed by atoms with Gasteiger partial charge >= 0.3 is 0 Å². The topological polar surface area (TPSA) is 130 Å². The highest BCUT2D eigenvalue weighted by Crippen LogP contribution is 2.28. The van der Waals surface area contributed by atoms with Gasteiger partial charge in [0.15, 0.2) is 6.04 Å². The van der Waals surface area contributed by atoms with E-state index in [-0.39, 0.29) is 18.5 Å². The van der Waals surface area contributed by atoms with Crippen molar-refractivity contribution in [2.24, 2.45) is 15.7 Å². The Bertz CT molecular complexity index is 520. The minimum absolute atomic E-state index is 0.0464. The van der Waals surface area contributed by atoms with Gasteiger partial charge in [0, 0.05) is 12.3 Å². The van der Waals surface area contributed by atoms with Gasteiger partial charge in [0.05, 0.1) is 19.3 Å². The molecule has 0 spiro atoms. The van der Waals surface area contributed by atoms with Crippen LogP contribution in [0.15, 0.2) is 9.98 Å². The summed E-state index contributed by atoms with van der Waals surface area (Å²) in [4.78, 5) is 9.70. The van der Waals surface area contributed by atoms with Crippen molar-refractivity contribution in [3.05, 3.63) is 0 Å². The minimum Gasteiger partial charge on any atom is -0.859 e. The molecule has 0 aromatic heterocycles.